The second-order valence-corrected chi connectivity index (χ2v) is 6.50. The van der Waals surface area contributed by atoms with Crippen molar-refractivity contribution in [2.45, 2.75) is 26.6 Å². The second-order valence-electron chi connectivity index (χ2n) is 6.50. The molecule has 0 radical (unpaired) electrons. The molecule has 0 saturated carbocycles. The van der Waals surface area contributed by atoms with Gasteiger partial charge in [0.15, 0.2) is 5.96 Å². The molecule has 29 heavy (non-hydrogen) atoms. The van der Waals surface area contributed by atoms with Crippen molar-refractivity contribution in [2.24, 2.45) is 4.99 Å². The summed E-state index contributed by atoms with van der Waals surface area (Å²) in [6.07, 6.45) is 1.59. The minimum absolute atomic E-state index is 0.138. The molecule has 0 unspecified atom stereocenters. The smallest absolute Gasteiger partial charge is 0.251 e. The molecule has 0 aliphatic heterocycles. The molecular formula is C23H26N4O2. The minimum Gasteiger partial charge on any atom is -0.467 e. The monoisotopic (exact) mass is 390 g/mol. The summed E-state index contributed by atoms with van der Waals surface area (Å²) >= 11 is 0. The average molecular weight is 390 g/mol. The summed E-state index contributed by atoms with van der Waals surface area (Å²) in [5, 5.41) is 9.43. The molecule has 3 aromatic rings. The lowest BCUT2D eigenvalue weighted by molar-refractivity contribution is 0.0948. The van der Waals surface area contributed by atoms with E-state index in [-0.39, 0.29) is 5.91 Å². The van der Waals surface area contributed by atoms with Crippen LogP contribution in [0.15, 0.2) is 82.4 Å². The van der Waals surface area contributed by atoms with Crippen LogP contribution in [-0.4, -0.2) is 18.4 Å². The molecule has 0 fully saturated rings. The lowest BCUT2D eigenvalue weighted by Gasteiger charge is -2.11. The van der Waals surface area contributed by atoms with Crippen molar-refractivity contribution in [3.63, 3.8) is 0 Å². The van der Waals surface area contributed by atoms with Crippen LogP contribution in [0.3, 0.4) is 0 Å². The quantitative estimate of drug-likeness (QED) is 0.407. The maximum Gasteiger partial charge on any atom is 0.251 e. The summed E-state index contributed by atoms with van der Waals surface area (Å²) in [6, 6.07) is 21.3. The van der Waals surface area contributed by atoms with Crippen molar-refractivity contribution in [3.05, 3.63) is 95.4 Å². The molecule has 2 aromatic carbocycles. The Bertz CT molecular complexity index is 921. The van der Waals surface area contributed by atoms with Gasteiger partial charge in [-0.15, -0.1) is 0 Å². The van der Waals surface area contributed by atoms with Gasteiger partial charge in [-0.1, -0.05) is 42.5 Å². The number of rotatable bonds is 8. The average Bonchev–Trinajstić information content (AvgIpc) is 3.28. The third-order valence-electron chi connectivity index (χ3n) is 4.26. The first-order valence-corrected chi connectivity index (χ1v) is 9.70. The minimum atomic E-state index is -0.138. The Morgan fingerprint density at radius 2 is 1.72 bits per heavy atom. The summed E-state index contributed by atoms with van der Waals surface area (Å²) in [5.41, 5.74) is 2.76. The van der Waals surface area contributed by atoms with E-state index in [1.54, 1.807) is 18.4 Å². The van der Waals surface area contributed by atoms with Gasteiger partial charge < -0.3 is 20.4 Å². The van der Waals surface area contributed by atoms with Gasteiger partial charge in [-0.3, -0.25) is 4.79 Å². The largest absolute Gasteiger partial charge is 0.467 e. The van der Waals surface area contributed by atoms with Crippen LogP contribution in [0, 0.1) is 0 Å². The van der Waals surface area contributed by atoms with Crippen LogP contribution in [0.4, 0.5) is 0 Å². The molecular weight excluding hydrogens is 364 g/mol. The van der Waals surface area contributed by atoms with Gasteiger partial charge in [-0.05, 0) is 42.3 Å². The van der Waals surface area contributed by atoms with E-state index in [1.807, 2.05) is 49.4 Å². The van der Waals surface area contributed by atoms with Crippen molar-refractivity contribution in [1.29, 1.82) is 0 Å². The predicted octanol–water partition coefficient (Wildman–Crippen LogP) is 3.46. The van der Waals surface area contributed by atoms with Crippen LogP contribution in [0.5, 0.6) is 0 Å². The zero-order chi connectivity index (χ0) is 20.3. The number of benzene rings is 2. The Morgan fingerprint density at radius 3 is 2.48 bits per heavy atom. The molecule has 0 aliphatic rings. The van der Waals surface area contributed by atoms with E-state index in [0.717, 1.165) is 23.8 Å². The van der Waals surface area contributed by atoms with E-state index in [2.05, 4.69) is 33.1 Å². The molecule has 1 heterocycles. The number of furan rings is 1. The summed E-state index contributed by atoms with van der Waals surface area (Å²) in [6.45, 7) is 4.34. The van der Waals surface area contributed by atoms with E-state index in [0.29, 0.717) is 25.2 Å². The lowest BCUT2D eigenvalue weighted by Crippen LogP contribution is -2.36. The zero-order valence-corrected chi connectivity index (χ0v) is 16.5. The number of nitrogens with one attached hydrogen (secondary N) is 3. The summed E-state index contributed by atoms with van der Waals surface area (Å²) in [4.78, 5) is 17.0. The van der Waals surface area contributed by atoms with Crippen molar-refractivity contribution in [2.75, 3.05) is 6.54 Å². The van der Waals surface area contributed by atoms with E-state index in [1.165, 1.54) is 5.56 Å². The van der Waals surface area contributed by atoms with Gasteiger partial charge in [-0.25, -0.2) is 4.99 Å². The predicted molar refractivity (Wildman–Crippen MR) is 114 cm³/mol. The normalized spacial score (nSPS) is 11.1. The van der Waals surface area contributed by atoms with Crippen molar-refractivity contribution >= 4 is 11.9 Å². The Labute approximate surface area is 171 Å². The molecule has 0 spiro atoms. The van der Waals surface area contributed by atoms with Gasteiger partial charge in [-0.2, -0.15) is 0 Å². The molecule has 0 atom stereocenters. The molecule has 3 rings (SSSR count). The Balaban J connectivity index is 1.58. The highest BCUT2D eigenvalue weighted by molar-refractivity contribution is 5.94. The van der Waals surface area contributed by atoms with E-state index in [9.17, 15) is 4.79 Å². The van der Waals surface area contributed by atoms with E-state index in [4.69, 9.17) is 4.42 Å². The number of nitrogens with zero attached hydrogens (tertiary/aromatic N) is 1. The van der Waals surface area contributed by atoms with Crippen molar-refractivity contribution < 1.29 is 9.21 Å². The summed E-state index contributed by atoms with van der Waals surface area (Å²) < 4.78 is 5.24. The molecule has 1 amide bonds. The third-order valence-corrected chi connectivity index (χ3v) is 4.26. The molecule has 1 aromatic heterocycles. The first kappa shape index (κ1) is 20.2. The number of aliphatic imine (C=N–C) groups is 1. The molecule has 6 nitrogen and oxygen atoms in total. The van der Waals surface area contributed by atoms with Crippen LogP contribution in [0.25, 0.3) is 0 Å². The fraction of sp³-hybridized carbons (Fsp3) is 0.217. The van der Waals surface area contributed by atoms with Crippen LogP contribution in [-0.2, 0) is 19.6 Å². The number of carbonyl (C=O) groups excluding carboxylic acids is 1. The van der Waals surface area contributed by atoms with Crippen LogP contribution in [0.2, 0.25) is 0 Å². The SMILES string of the molecule is CCNC(=NCc1cccc(C(=O)NCc2ccco2)c1)NCc1ccccc1. The highest BCUT2D eigenvalue weighted by Crippen LogP contribution is 2.08. The van der Waals surface area contributed by atoms with Crippen molar-refractivity contribution in [1.82, 2.24) is 16.0 Å². The Hall–Kier alpha value is -3.54. The molecule has 0 saturated heterocycles. The number of guanidine groups is 1. The molecule has 0 bridgehead atoms. The molecule has 0 aliphatic carbocycles. The van der Waals surface area contributed by atoms with Gasteiger partial charge in [0.25, 0.3) is 5.91 Å². The number of hydrogen-bond acceptors (Lipinski definition) is 3. The van der Waals surface area contributed by atoms with Crippen molar-refractivity contribution in [3.8, 4) is 0 Å². The highest BCUT2D eigenvalue weighted by atomic mass is 16.3. The van der Waals surface area contributed by atoms with Crippen LogP contribution >= 0.6 is 0 Å². The maximum absolute atomic E-state index is 12.4. The molecule has 150 valence electrons. The fourth-order valence-electron chi connectivity index (χ4n) is 2.79. The third kappa shape index (κ3) is 6.53. The van der Waals surface area contributed by atoms with E-state index < -0.39 is 0 Å². The zero-order valence-electron chi connectivity index (χ0n) is 16.5. The second kappa shape index (κ2) is 10.7. The van der Waals surface area contributed by atoms with Gasteiger partial charge in [0.05, 0.1) is 19.4 Å². The van der Waals surface area contributed by atoms with Crippen LogP contribution < -0.4 is 16.0 Å². The lowest BCUT2D eigenvalue weighted by atomic mass is 10.1. The number of hydrogen-bond donors (Lipinski definition) is 3. The highest BCUT2D eigenvalue weighted by Gasteiger charge is 2.07. The van der Waals surface area contributed by atoms with Gasteiger partial charge >= 0.3 is 0 Å². The van der Waals surface area contributed by atoms with E-state index >= 15 is 0 Å². The number of carbonyl (C=O) groups is 1. The molecule has 6 heteroatoms. The van der Waals surface area contributed by atoms with Crippen LogP contribution in [0.1, 0.15) is 34.2 Å². The summed E-state index contributed by atoms with van der Waals surface area (Å²) in [7, 11) is 0. The Morgan fingerprint density at radius 1 is 0.897 bits per heavy atom. The maximum atomic E-state index is 12.4. The fourth-order valence-corrected chi connectivity index (χ4v) is 2.79. The van der Waals surface area contributed by atoms with Gasteiger partial charge in [0.1, 0.15) is 5.76 Å². The summed E-state index contributed by atoms with van der Waals surface area (Å²) in [5.74, 6) is 1.32. The first-order valence-electron chi connectivity index (χ1n) is 9.70. The van der Waals surface area contributed by atoms with Gasteiger partial charge in [0, 0.05) is 18.7 Å². The molecule has 3 N–H and O–H groups in total. The first-order chi connectivity index (χ1) is 14.2. The standard InChI is InChI=1S/C23H26N4O2/c1-2-24-23(26-15-18-8-4-3-5-9-18)27-16-19-10-6-11-20(14-19)22(28)25-17-21-12-7-13-29-21/h3-14H,2,15-17H2,1H3,(H,25,28)(H2,24,26,27). The Kier molecular flexibility index (Phi) is 7.46. The topological polar surface area (TPSA) is 78.7 Å². The number of amides is 1. The van der Waals surface area contributed by atoms with Gasteiger partial charge in [0.2, 0.25) is 0 Å².